The molecule has 7 heteroatoms. The lowest BCUT2D eigenvalue weighted by atomic mass is 10.1. The largest absolute Gasteiger partial charge is 0.326 e. The first-order valence-corrected chi connectivity index (χ1v) is 9.87. The van der Waals surface area contributed by atoms with Crippen LogP contribution in [0.1, 0.15) is 12.0 Å². The van der Waals surface area contributed by atoms with Crippen molar-refractivity contribution in [2.24, 2.45) is 0 Å². The average molecular weight is 387 g/mol. The molecule has 3 heterocycles. The van der Waals surface area contributed by atoms with Crippen LogP contribution in [0.3, 0.4) is 0 Å². The van der Waals surface area contributed by atoms with Crippen LogP contribution in [0.4, 0.5) is 0 Å². The maximum Gasteiger partial charge on any atom is 0.326 e. The number of H-pyrrole nitrogens is 1. The number of aromatic amines is 1. The van der Waals surface area contributed by atoms with Gasteiger partial charge >= 0.3 is 5.69 Å². The molecule has 6 nitrogen and oxygen atoms in total. The van der Waals surface area contributed by atoms with Crippen molar-refractivity contribution in [1.29, 1.82) is 5.26 Å². The zero-order valence-electron chi connectivity index (χ0n) is 15.0. The van der Waals surface area contributed by atoms with Crippen LogP contribution < -0.4 is 5.69 Å². The van der Waals surface area contributed by atoms with Crippen LogP contribution in [-0.4, -0.2) is 25.3 Å². The molecule has 0 aliphatic heterocycles. The van der Waals surface area contributed by atoms with E-state index >= 15 is 0 Å². The topological polar surface area (TPSA) is 87.4 Å². The number of hydrogen-bond acceptors (Lipinski definition) is 5. The molecule has 3 aromatic heterocycles. The van der Waals surface area contributed by atoms with Gasteiger partial charge in [-0.25, -0.2) is 9.78 Å². The van der Waals surface area contributed by atoms with Crippen LogP contribution in [0.15, 0.2) is 70.7 Å². The minimum absolute atomic E-state index is 0.0956. The summed E-state index contributed by atoms with van der Waals surface area (Å²) >= 11 is 1.54. The molecule has 138 valence electrons. The van der Waals surface area contributed by atoms with Crippen LogP contribution in [0.5, 0.6) is 0 Å². The van der Waals surface area contributed by atoms with Crippen molar-refractivity contribution in [3.63, 3.8) is 0 Å². The van der Waals surface area contributed by atoms with Gasteiger partial charge in [-0.1, -0.05) is 12.1 Å². The highest BCUT2D eigenvalue weighted by Crippen LogP contribution is 2.25. The molecule has 4 aromatic rings. The van der Waals surface area contributed by atoms with Crippen LogP contribution >= 0.6 is 11.8 Å². The van der Waals surface area contributed by atoms with Crippen molar-refractivity contribution in [3.8, 4) is 17.3 Å². The molecule has 0 atom stereocenters. The number of nitrogens with one attached hydrogen (secondary N) is 1. The summed E-state index contributed by atoms with van der Waals surface area (Å²) in [6.45, 7) is 0.613. The summed E-state index contributed by atoms with van der Waals surface area (Å²) < 4.78 is 1.75. The van der Waals surface area contributed by atoms with Gasteiger partial charge in [0.25, 0.3) is 0 Å². The number of rotatable bonds is 6. The zero-order valence-corrected chi connectivity index (χ0v) is 15.8. The zero-order chi connectivity index (χ0) is 19.3. The lowest BCUT2D eigenvalue weighted by Gasteiger charge is -2.07. The van der Waals surface area contributed by atoms with E-state index in [-0.39, 0.29) is 5.69 Å². The lowest BCUT2D eigenvalue weighted by molar-refractivity contribution is 0.679. The summed E-state index contributed by atoms with van der Waals surface area (Å²) in [4.78, 5) is 23.7. The van der Waals surface area contributed by atoms with Crippen molar-refractivity contribution >= 4 is 22.8 Å². The highest BCUT2D eigenvalue weighted by molar-refractivity contribution is 7.99. The fourth-order valence-electron chi connectivity index (χ4n) is 3.04. The molecule has 28 heavy (non-hydrogen) atoms. The number of fused-ring (bicyclic) bond motifs is 1. The van der Waals surface area contributed by atoms with Crippen LogP contribution in [0.2, 0.25) is 0 Å². The van der Waals surface area contributed by atoms with Gasteiger partial charge in [-0.05, 0) is 42.8 Å². The minimum atomic E-state index is -0.0956. The van der Waals surface area contributed by atoms with E-state index < -0.39 is 0 Å². The molecule has 0 bridgehead atoms. The Kier molecular flexibility index (Phi) is 5.22. The number of aromatic nitrogens is 4. The highest BCUT2D eigenvalue weighted by Gasteiger charge is 2.09. The molecule has 0 spiro atoms. The molecule has 0 unspecified atom stereocenters. The third-order valence-electron chi connectivity index (χ3n) is 4.40. The number of thioether (sulfide) groups is 1. The Morgan fingerprint density at radius 1 is 1.11 bits per heavy atom. The predicted octanol–water partition coefficient (Wildman–Crippen LogP) is 3.84. The van der Waals surface area contributed by atoms with E-state index in [1.807, 2.05) is 42.5 Å². The molecule has 4 rings (SSSR count). The number of nitriles is 1. The Hall–Kier alpha value is -3.37. The molecular weight excluding hydrogens is 370 g/mol. The standard InChI is InChI=1S/C21H17N5OS/c22-14-16-6-7-17(15-8-10-23-11-9-15)24-20(16)28-13-3-12-26-19-5-2-1-4-18(19)25-21(26)27/h1-2,4-11H,3,12-13H2,(H,25,27). The molecule has 0 aliphatic rings. The third kappa shape index (κ3) is 3.68. The Morgan fingerprint density at radius 2 is 1.93 bits per heavy atom. The van der Waals surface area contributed by atoms with Gasteiger partial charge in [-0.3, -0.25) is 9.55 Å². The molecule has 1 aromatic carbocycles. The van der Waals surface area contributed by atoms with Gasteiger partial charge in [0.2, 0.25) is 0 Å². The Morgan fingerprint density at radius 3 is 2.75 bits per heavy atom. The molecule has 0 saturated carbocycles. The molecular formula is C21H17N5OS. The van der Waals surface area contributed by atoms with Crippen molar-refractivity contribution in [2.75, 3.05) is 5.75 Å². The molecule has 0 saturated heterocycles. The second-order valence-corrected chi connectivity index (χ2v) is 7.28. The third-order valence-corrected chi connectivity index (χ3v) is 5.48. The number of para-hydroxylation sites is 2. The number of hydrogen-bond donors (Lipinski definition) is 1. The van der Waals surface area contributed by atoms with Gasteiger partial charge in [-0.15, -0.1) is 11.8 Å². The fraction of sp³-hybridized carbons (Fsp3) is 0.143. The van der Waals surface area contributed by atoms with Gasteiger partial charge in [0, 0.05) is 30.3 Å². The van der Waals surface area contributed by atoms with Crippen molar-refractivity contribution < 1.29 is 0 Å². The van der Waals surface area contributed by atoms with Crippen LogP contribution in [0, 0.1) is 11.3 Å². The Bertz CT molecular complexity index is 1210. The second kappa shape index (κ2) is 8.11. The molecule has 0 aliphatic carbocycles. The smallest absolute Gasteiger partial charge is 0.306 e. The van der Waals surface area contributed by atoms with Crippen LogP contribution in [-0.2, 0) is 6.54 Å². The number of nitrogens with zero attached hydrogens (tertiary/aromatic N) is 4. The molecule has 0 amide bonds. The van der Waals surface area contributed by atoms with E-state index in [0.29, 0.717) is 17.1 Å². The number of aryl methyl sites for hydroxylation is 1. The number of imidazole rings is 1. The summed E-state index contributed by atoms with van der Waals surface area (Å²) in [6, 6.07) is 17.3. The van der Waals surface area contributed by atoms with Gasteiger partial charge < -0.3 is 4.98 Å². The first-order valence-electron chi connectivity index (χ1n) is 8.88. The average Bonchev–Trinajstić information content (AvgIpc) is 3.06. The lowest BCUT2D eigenvalue weighted by Crippen LogP contribution is -2.17. The van der Waals surface area contributed by atoms with E-state index in [0.717, 1.165) is 34.5 Å². The molecule has 1 N–H and O–H groups in total. The van der Waals surface area contributed by atoms with Gasteiger partial charge in [-0.2, -0.15) is 5.26 Å². The SMILES string of the molecule is N#Cc1ccc(-c2ccncc2)nc1SCCCn1c(=O)[nH]c2ccccc21. The van der Waals surface area contributed by atoms with Crippen molar-refractivity contribution in [2.45, 2.75) is 18.0 Å². The Balaban J connectivity index is 1.47. The minimum Gasteiger partial charge on any atom is -0.306 e. The normalized spacial score (nSPS) is 10.8. The maximum atomic E-state index is 12.1. The monoisotopic (exact) mass is 387 g/mol. The van der Waals surface area contributed by atoms with Crippen molar-refractivity contribution in [3.05, 3.63) is 77.0 Å². The fourth-order valence-corrected chi connectivity index (χ4v) is 3.94. The predicted molar refractivity (Wildman–Crippen MR) is 110 cm³/mol. The number of pyridine rings is 2. The van der Waals surface area contributed by atoms with E-state index in [4.69, 9.17) is 0 Å². The van der Waals surface area contributed by atoms with E-state index in [1.54, 1.807) is 23.0 Å². The van der Waals surface area contributed by atoms with E-state index in [2.05, 4.69) is 21.0 Å². The summed E-state index contributed by atoms with van der Waals surface area (Å²) in [6.07, 6.45) is 4.24. The summed E-state index contributed by atoms with van der Waals surface area (Å²) in [5, 5.41) is 10.1. The summed E-state index contributed by atoms with van der Waals surface area (Å²) in [5.41, 5.74) is 4.00. The van der Waals surface area contributed by atoms with Gasteiger partial charge in [0.15, 0.2) is 0 Å². The number of benzene rings is 1. The van der Waals surface area contributed by atoms with E-state index in [9.17, 15) is 10.1 Å². The Labute approximate surface area is 165 Å². The summed E-state index contributed by atoms with van der Waals surface area (Å²) in [7, 11) is 0. The van der Waals surface area contributed by atoms with Gasteiger partial charge in [0.1, 0.15) is 11.1 Å². The first-order chi connectivity index (χ1) is 13.8. The summed E-state index contributed by atoms with van der Waals surface area (Å²) in [5.74, 6) is 0.757. The first kappa shape index (κ1) is 18.0. The molecule has 0 fully saturated rings. The van der Waals surface area contributed by atoms with E-state index in [1.165, 1.54) is 11.8 Å². The second-order valence-electron chi connectivity index (χ2n) is 6.20. The van der Waals surface area contributed by atoms with Crippen LogP contribution in [0.25, 0.3) is 22.3 Å². The highest BCUT2D eigenvalue weighted by atomic mass is 32.2. The quantitative estimate of drug-likeness (QED) is 0.401. The van der Waals surface area contributed by atoms with Gasteiger partial charge in [0.05, 0.1) is 22.3 Å². The molecule has 0 radical (unpaired) electrons. The van der Waals surface area contributed by atoms with Crippen molar-refractivity contribution in [1.82, 2.24) is 19.5 Å². The maximum absolute atomic E-state index is 12.1.